The van der Waals surface area contributed by atoms with Gasteiger partial charge in [-0.2, -0.15) is 0 Å². The molecule has 0 aliphatic carbocycles. The molecule has 0 saturated heterocycles. The van der Waals surface area contributed by atoms with Gasteiger partial charge >= 0.3 is 0 Å². The van der Waals surface area contributed by atoms with E-state index < -0.39 is 0 Å². The highest BCUT2D eigenvalue weighted by Gasteiger charge is 2.17. The van der Waals surface area contributed by atoms with Gasteiger partial charge in [0.25, 0.3) is 0 Å². The third kappa shape index (κ3) is 4.14. The van der Waals surface area contributed by atoms with Crippen molar-refractivity contribution < 1.29 is 0 Å². The van der Waals surface area contributed by atoms with E-state index in [4.69, 9.17) is 9.97 Å². The van der Waals surface area contributed by atoms with Gasteiger partial charge in [0.2, 0.25) is 0 Å². The van der Waals surface area contributed by atoms with Crippen LogP contribution in [0.2, 0.25) is 0 Å². The number of anilines is 1. The molecule has 0 amide bonds. The Bertz CT molecular complexity index is 822. The maximum Gasteiger partial charge on any atom is 0.161 e. The molecule has 8 nitrogen and oxygen atoms in total. The molecule has 9 heteroatoms. The molecule has 1 aliphatic rings. The minimum absolute atomic E-state index is 0. The molecule has 0 bridgehead atoms. The monoisotopic (exact) mass is 372 g/mol. The Labute approximate surface area is 157 Å². The molecule has 4 heterocycles. The molecule has 0 aromatic carbocycles. The molecule has 0 spiro atoms. The Hall–Kier alpha value is -2.58. The maximum absolute atomic E-state index is 4.82. The summed E-state index contributed by atoms with van der Waals surface area (Å²) < 4.78 is 1.80. The molecule has 0 atom stereocenters. The molecule has 1 aliphatic heterocycles. The van der Waals surface area contributed by atoms with Gasteiger partial charge in [0.05, 0.1) is 18.4 Å². The van der Waals surface area contributed by atoms with Crippen LogP contribution in [-0.4, -0.2) is 49.6 Å². The fraction of sp³-hybridized carbons (Fsp3) is 0.353. The lowest BCUT2D eigenvalue weighted by molar-refractivity contribution is 0.608. The minimum atomic E-state index is 0. The molecule has 2 N–H and O–H groups in total. The van der Waals surface area contributed by atoms with Gasteiger partial charge in [0.1, 0.15) is 5.82 Å². The summed E-state index contributed by atoms with van der Waals surface area (Å²) in [6.07, 6.45) is 8.91. The van der Waals surface area contributed by atoms with E-state index in [1.165, 1.54) is 5.56 Å². The largest absolute Gasteiger partial charge is 0.368 e. The van der Waals surface area contributed by atoms with Crippen molar-refractivity contribution in [2.24, 2.45) is 0 Å². The van der Waals surface area contributed by atoms with Crippen LogP contribution >= 0.6 is 12.4 Å². The highest BCUT2D eigenvalue weighted by molar-refractivity contribution is 5.85. The second-order valence-corrected chi connectivity index (χ2v) is 5.90. The van der Waals surface area contributed by atoms with E-state index in [0.717, 1.165) is 61.9 Å². The number of pyridine rings is 1. The van der Waals surface area contributed by atoms with Crippen LogP contribution in [0.1, 0.15) is 11.3 Å². The molecule has 0 fully saturated rings. The quantitative estimate of drug-likeness (QED) is 0.698. The van der Waals surface area contributed by atoms with Gasteiger partial charge in [0, 0.05) is 49.2 Å². The SMILES string of the molecule is Cl.c1cc(-c2nc3c(c(NCCn4ccnn4)n2)CCNCC3)ccn1. The van der Waals surface area contributed by atoms with Crippen molar-refractivity contribution in [3.05, 3.63) is 48.2 Å². The van der Waals surface area contributed by atoms with Crippen molar-refractivity contribution in [1.82, 2.24) is 35.3 Å². The second kappa shape index (κ2) is 8.68. The van der Waals surface area contributed by atoms with Crippen LogP contribution in [0.4, 0.5) is 5.82 Å². The zero-order valence-electron chi connectivity index (χ0n) is 14.3. The van der Waals surface area contributed by atoms with Crippen molar-refractivity contribution >= 4 is 18.2 Å². The molecule has 0 unspecified atom stereocenters. The topological polar surface area (TPSA) is 93.4 Å². The van der Waals surface area contributed by atoms with Crippen LogP contribution in [0.15, 0.2) is 36.9 Å². The summed E-state index contributed by atoms with van der Waals surface area (Å²) in [4.78, 5) is 13.7. The second-order valence-electron chi connectivity index (χ2n) is 5.90. The van der Waals surface area contributed by atoms with E-state index in [1.54, 1.807) is 23.3 Å². The molecule has 4 rings (SSSR count). The Morgan fingerprint density at radius 2 is 1.92 bits per heavy atom. The van der Waals surface area contributed by atoms with Crippen molar-refractivity contribution in [1.29, 1.82) is 0 Å². The van der Waals surface area contributed by atoms with Crippen molar-refractivity contribution in [3.8, 4) is 11.4 Å². The Morgan fingerprint density at radius 3 is 2.73 bits per heavy atom. The van der Waals surface area contributed by atoms with Crippen molar-refractivity contribution in [2.45, 2.75) is 19.4 Å². The van der Waals surface area contributed by atoms with Crippen molar-refractivity contribution in [3.63, 3.8) is 0 Å². The van der Waals surface area contributed by atoms with E-state index in [0.29, 0.717) is 0 Å². The number of fused-ring (bicyclic) bond motifs is 1. The highest BCUT2D eigenvalue weighted by Crippen LogP contribution is 2.24. The van der Waals surface area contributed by atoms with Gasteiger partial charge in [-0.3, -0.25) is 9.67 Å². The molecular weight excluding hydrogens is 352 g/mol. The number of halogens is 1. The lowest BCUT2D eigenvalue weighted by atomic mass is 10.1. The predicted octanol–water partition coefficient (Wildman–Crippen LogP) is 1.35. The fourth-order valence-corrected chi connectivity index (χ4v) is 2.96. The Morgan fingerprint density at radius 1 is 1.08 bits per heavy atom. The van der Waals surface area contributed by atoms with E-state index in [-0.39, 0.29) is 12.4 Å². The number of hydrogen-bond acceptors (Lipinski definition) is 7. The Balaban J connectivity index is 0.00000196. The van der Waals surface area contributed by atoms with Gasteiger partial charge in [-0.1, -0.05) is 5.21 Å². The smallest absolute Gasteiger partial charge is 0.161 e. The van der Waals surface area contributed by atoms with E-state index >= 15 is 0 Å². The predicted molar refractivity (Wildman–Crippen MR) is 101 cm³/mol. The lowest BCUT2D eigenvalue weighted by Crippen LogP contribution is -2.17. The van der Waals surface area contributed by atoms with Crippen LogP contribution in [0.5, 0.6) is 0 Å². The first-order valence-corrected chi connectivity index (χ1v) is 8.49. The average molecular weight is 373 g/mol. The van der Waals surface area contributed by atoms with Crippen molar-refractivity contribution in [2.75, 3.05) is 25.0 Å². The molecule has 3 aromatic heterocycles. The van der Waals surface area contributed by atoms with E-state index in [2.05, 4.69) is 25.9 Å². The third-order valence-corrected chi connectivity index (χ3v) is 4.23. The number of hydrogen-bond donors (Lipinski definition) is 2. The molecular formula is C17H21ClN8. The zero-order valence-corrected chi connectivity index (χ0v) is 15.1. The fourth-order valence-electron chi connectivity index (χ4n) is 2.96. The van der Waals surface area contributed by atoms with Gasteiger partial charge < -0.3 is 10.6 Å². The zero-order chi connectivity index (χ0) is 16.9. The molecule has 136 valence electrons. The van der Waals surface area contributed by atoms with E-state index in [9.17, 15) is 0 Å². The summed E-state index contributed by atoms with van der Waals surface area (Å²) in [5.41, 5.74) is 3.31. The summed E-state index contributed by atoms with van der Waals surface area (Å²) in [5, 5.41) is 14.7. The minimum Gasteiger partial charge on any atom is -0.368 e. The van der Waals surface area contributed by atoms with Gasteiger partial charge in [-0.15, -0.1) is 17.5 Å². The average Bonchev–Trinajstić information content (AvgIpc) is 3.05. The van der Waals surface area contributed by atoms with Crippen LogP contribution in [0.3, 0.4) is 0 Å². The van der Waals surface area contributed by atoms with Crippen LogP contribution < -0.4 is 10.6 Å². The summed E-state index contributed by atoms with van der Waals surface area (Å²) in [5.74, 6) is 1.66. The number of aromatic nitrogens is 6. The number of nitrogens with one attached hydrogen (secondary N) is 2. The third-order valence-electron chi connectivity index (χ3n) is 4.23. The van der Waals surface area contributed by atoms with Crippen LogP contribution in [0, 0.1) is 0 Å². The maximum atomic E-state index is 4.82. The summed E-state index contributed by atoms with van der Waals surface area (Å²) in [6, 6.07) is 3.88. The highest BCUT2D eigenvalue weighted by atomic mass is 35.5. The Kier molecular flexibility index (Phi) is 6.08. The van der Waals surface area contributed by atoms with Gasteiger partial charge in [-0.05, 0) is 25.1 Å². The van der Waals surface area contributed by atoms with Gasteiger partial charge in [-0.25, -0.2) is 9.97 Å². The normalized spacial score (nSPS) is 13.4. The summed E-state index contributed by atoms with van der Waals surface area (Å²) >= 11 is 0. The van der Waals surface area contributed by atoms with Crippen LogP contribution in [-0.2, 0) is 19.4 Å². The first-order chi connectivity index (χ1) is 12.4. The van der Waals surface area contributed by atoms with Gasteiger partial charge in [0.15, 0.2) is 5.82 Å². The molecule has 0 saturated carbocycles. The first-order valence-electron chi connectivity index (χ1n) is 8.49. The number of rotatable bonds is 5. The molecule has 0 radical (unpaired) electrons. The summed E-state index contributed by atoms with van der Waals surface area (Å²) in [6.45, 7) is 3.36. The van der Waals surface area contributed by atoms with E-state index in [1.807, 2.05) is 18.3 Å². The first kappa shape index (κ1) is 18.2. The lowest BCUT2D eigenvalue weighted by Gasteiger charge is -2.15. The molecule has 3 aromatic rings. The standard InChI is InChI=1S/C17H20N8.ClH/c1-5-18-6-2-13(1)16-22-15-4-8-19-7-3-14(15)17(23-16)20-9-11-25-12-10-21-24-25;/h1-2,5-6,10,12,19H,3-4,7-9,11H2,(H,20,22,23);1H. The van der Waals surface area contributed by atoms with Crippen LogP contribution in [0.25, 0.3) is 11.4 Å². The molecule has 26 heavy (non-hydrogen) atoms. The summed E-state index contributed by atoms with van der Waals surface area (Å²) in [7, 11) is 0. The number of nitrogens with zero attached hydrogens (tertiary/aromatic N) is 6.